The second kappa shape index (κ2) is 7.27. The van der Waals surface area contributed by atoms with Gasteiger partial charge in [0.1, 0.15) is 5.82 Å². The Bertz CT molecular complexity index is 392. The molecule has 0 radical (unpaired) electrons. The van der Waals surface area contributed by atoms with Gasteiger partial charge in [-0.15, -0.1) is 0 Å². The second-order valence-corrected chi connectivity index (χ2v) is 4.81. The average Bonchev–Trinajstić information content (AvgIpc) is 2.27. The monoisotopic (exact) mass is 251 g/mol. The fraction of sp³-hybridized carbons (Fsp3) is 0.533. The first-order chi connectivity index (χ1) is 8.56. The summed E-state index contributed by atoms with van der Waals surface area (Å²) in [6, 6.07) is 3.28. The van der Waals surface area contributed by atoms with E-state index in [1.807, 2.05) is 13.0 Å². The third kappa shape index (κ3) is 4.22. The normalized spacial score (nSPS) is 10.7. The molecular formula is C15H22FNO. The van der Waals surface area contributed by atoms with Gasteiger partial charge in [-0.25, -0.2) is 4.39 Å². The lowest BCUT2D eigenvalue weighted by atomic mass is 9.98. The SMILES string of the molecule is Cc1cc(C)c(C(=O)CCCCCCN)c(F)c1. The number of Topliss-reactive ketones (excluding diaryl/α,β-unsaturated/α-hetero) is 1. The molecule has 0 aliphatic carbocycles. The summed E-state index contributed by atoms with van der Waals surface area (Å²) in [6.45, 7) is 4.31. The fourth-order valence-electron chi connectivity index (χ4n) is 2.18. The van der Waals surface area contributed by atoms with Gasteiger partial charge in [0, 0.05) is 6.42 Å². The fourth-order valence-corrected chi connectivity index (χ4v) is 2.18. The van der Waals surface area contributed by atoms with Crippen LogP contribution >= 0.6 is 0 Å². The van der Waals surface area contributed by atoms with Gasteiger partial charge in [0.15, 0.2) is 5.78 Å². The molecular weight excluding hydrogens is 229 g/mol. The van der Waals surface area contributed by atoms with Crippen molar-refractivity contribution in [1.29, 1.82) is 0 Å². The van der Waals surface area contributed by atoms with Crippen molar-refractivity contribution >= 4 is 5.78 Å². The minimum atomic E-state index is -0.389. The molecule has 0 aliphatic heterocycles. The molecule has 0 aliphatic rings. The number of unbranched alkanes of at least 4 members (excludes halogenated alkanes) is 3. The van der Waals surface area contributed by atoms with Crippen LogP contribution in [0.25, 0.3) is 0 Å². The summed E-state index contributed by atoms with van der Waals surface area (Å²) >= 11 is 0. The highest BCUT2D eigenvalue weighted by Crippen LogP contribution is 2.18. The molecule has 100 valence electrons. The minimum Gasteiger partial charge on any atom is -0.330 e. The molecule has 0 unspecified atom stereocenters. The molecule has 0 fully saturated rings. The van der Waals surface area contributed by atoms with Crippen molar-refractivity contribution < 1.29 is 9.18 Å². The Labute approximate surface area is 108 Å². The van der Waals surface area contributed by atoms with Crippen LogP contribution in [0.15, 0.2) is 12.1 Å². The lowest BCUT2D eigenvalue weighted by molar-refractivity contribution is 0.0974. The molecule has 3 heteroatoms. The van der Waals surface area contributed by atoms with Crippen molar-refractivity contribution in [3.05, 3.63) is 34.6 Å². The van der Waals surface area contributed by atoms with E-state index in [4.69, 9.17) is 5.73 Å². The molecule has 0 amide bonds. The Morgan fingerprint density at radius 1 is 1.17 bits per heavy atom. The van der Waals surface area contributed by atoms with Crippen LogP contribution in [-0.4, -0.2) is 12.3 Å². The average molecular weight is 251 g/mol. The molecule has 0 atom stereocenters. The molecule has 2 nitrogen and oxygen atoms in total. The third-order valence-corrected chi connectivity index (χ3v) is 3.07. The second-order valence-electron chi connectivity index (χ2n) is 4.81. The number of aryl methyl sites for hydroxylation is 2. The Morgan fingerprint density at radius 2 is 1.83 bits per heavy atom. The van der Waals surface area contributed by atoms with E-state index in [0.717, 1.165) is 36.8 Å². The van der Waals surface area contributed by atoms with E-state index >= 15 is 0 Å². The topological polar surface area (TPSA) is 43.1 Å². The van der Waals surface area contributed by atoms with Crippen LogP contribution < -0.4 is 5.73 Å². The number of hydrogen-bond acceptors (Lipinski definition) is 2. The maximum atomic E-state index is 13.8. The van der Waals surface area contributed by atoms with E-state index < -0.39 is 0 Å². The molecule has 1 aromatic carbocycles. The molecule has 0 saturated carbocycles. The maximum absolute atomic E-state index is 13.8. The zero-order valence-electron chi connectivity index (χ0n) is 11.3. The van der Waals surface area contributed by atoms with Crippen molar-refractivity contribution in [2.24, 2.45) is 5.73 Å². The minimum absolute atomic E-state index is 0.0854. The highest BCUT2D eigenvalue weighted by molar-refractivity contribution is 5.97. The Kier molecular flexibility index (Phi) is 5.99. The summed E-state index contributed by atoms with van der Waals surface area (Å²) in [5.41, 5.74) is 7.25. The van der Waals surface area contributed by atoms with E-state index in [2.05, 4.69) is 0 Å². The van der Waals surface area contributed by atoms with Gasteiger partial charge < -0.3 is 5.73 Å². The van der Waals surface area contributed by atoms with Crippen LogP contribution in [0, 0.1) is 19.7 Å². The van der Waals surface area contributed by atoms with E-state index in [-0.39, 0.29) is 17.2 Å². The summed E-state index contributed by atoms with van der Waals surface area (Å²) < 4.78 is 13.8. The quantitative estimate of drug-likeness (QED) is 0.595. The van der Waals surface area contributed by atoms with Gasteiger partial charge in [-0.3, -0.25) is 4.79 Å². The zero-order chi connectivity index (χ0) is 13.5. The van der Waals surface area contributed by atoms with E-state index in [9.17, 15) is 9.18 Å². The smallest absolute Gasteiger partial charge is 0.166 e. The van der Waals surface area contributed by atoms with E-state index in [1.54, 1.807) is 6.92 Å². The summed E-state index contributed by atoms with van der Waals surface area (Å²) in [5.74, 6) is -0.475. The van der Waals surface area contributed by atoms with Crippen LogP contribution in [0.1, 0.15) is 53.6 Å². The standard InChI is InChI=1S/C15H22FNO/c1-11-9-12(2)15(13(16)10-11)14(18)7-5-3-4-6-8-17/h9-10H,3-8,17H2,1-2H3. The molecule has 2 N–H and O–H groups in total. The van der Waals surface area contributed by atoms with E-state index in [1.165, 1.54) is 6.07 Å². The number of benzene rings is 1. The Balaban J connectivity index is 2.57. The molecule has 18 heavy (non-hydrogen) atoms. The predicted octanol–water partition coefficient (Wildman–Crippen LogP) is 3.53. The molecule has 1 aromatic rings. The number of carbonyl (C=O) groups is 1. The maximum Gasteiger partial charge on any atom is 0.166 e. The number of carbonyl (C=O) groups excluding carboxylic acids is 1. The Hall–Kier alpha value is -1.22. The summed E-state index contributed by atoms with van der Waals surface area (Å²) in [5, 5.41) is 0. The number of nitrogens with two attached hydrogens (primary N) is 1. The van der Waals surface area contributed by atoms with Crippen molar-refractivity contribution in [2.45, 2.75) is 46.0 Å². The van der Waals surface area contributed by atoms with Gasteiger partial charge >= 0.3 is 0 Å². The molecule has 0 saturated heterocycles. The van der Waals surface area contributed by atoms with Crippen LogP contribution in [0.4, 0.5) is 4.39 Å². The molecule has 1 rings (SSSR count). The molecule has 0 heterocycles. The van der Waals surface area contributed by atoms with Crippen molar-refractivity contribution in [3.63, 3.8) is 0 Å². The summed E-state index contributed by atoms with van der Waals surface area (Å²) in [6.07, 6.45) is 4.25. The number of halogens is 1. The van der Waals surface area contributed by atoms with Gasteiger partial charge in [0.25, 0.3) is 0 Å². The number of hydrogen-bond donors (Lipinski definition) is 1. The highest BCUT2D eigenvalue weighted by atomic mass is 19.1. The van der Waals surface area contributed by atoms with Gasteiger partial charge in [-0.2, -0.15) is 0 Å². The first-order valence-corrected chi connectivity index (χ1v) is 6.56. The van der Waals surface area contributed by atoms with Crippen molar-refractivity contribution in [2.75, 3.05) is 6.54 Å². The summed E-state index contributed by atoms with van der Waals surface area (Å²) in [4.78, 5) is 12.0. The number of rotatable bonds is 7. The van der Waals surface area contributed by atoms with Gasteiger partial charge in [0.05, 0.1) is 5.56 Å². The Morgan fingerprint density at radius 3 is 2.44 bits per heavy atom. The van der Waals surface area contributed by atoms with Crippen LogP contribution in [0.2, 0.25) is 0 Å². The lowest BCUT2D eigenvalue weighted by Gasteiger charge is -2.08. The van der Waals surface area contributed by atoms with Gasteiger partial charge in [-0.05, 0) is 50.4 Å². The molecule has 0 bridgehead atoms. The van der Waals surface area contributed by atoms with Crippen LogP contribution in [-0.2, 0) is 0 Å². The summed E-state index contributed by atoms with van der Waals surface area (Å²) in [7, 11) is 0. The van der Waals surface area contributed by atoms with E-state index in [0.29, 0.717) is 13.0 Å². The zero-order valence-corrected chi connectivity index (χ0v) is 11.3. The highest BCUT2D eigenvalue weighted by Gasteiger charge is 2.14. The van der Waals surface area contributed by atoms with Crippen molar-refractivity contribution in [3.8, 4) is 0 Å². The van der Waals surface area contributed by atoms with Gasteiger partial charge in [-0.1, -0.05) is 18.9 Å². The number of ketones is 1. The third-order valence-electron chi connectivity index (χ3n) is 3.07. The van der Waals surface area contributed by atoms with Crippen molar-refractivity contribution in [1.82, 2.24) is 0 Å². The largest absolute Gasteiger partial charge is 0.330 e. The molecule has 0 aromatic heterocycles. The first-order valence-electron chi connectivity index (χ1n) is 6.56. The van der Waals surface area contributed by atoms with Gasteiger partial charge in [0.2, 0.25) is 0 Å². The molecule has 0 spiro atoms. The lowest BCUT2D eigenvalue weighted by Crippen LogP contribution is -2.06. The van der Waals surface area contributed by atoms with Crippen LogP contribution in [0.3, 0.4) is 0 Å². The first kappa shape index (κ1) is 14.8. The predicted molar refractivity (Wildman–Crippen MR) is 72.3 cm³/mol. The van der Waals surface area contributed by atoms with Crippen LogP contribution in [0.5, 0.6) is 0 Å².